The van der Waals surface area contributed by atoms with Crippen molar-refractivity contribution in [1.29, 1.82) is 0 Å². The monoisotopic (exact) mass is 537 g/mol. The van der Waals surface area contributed by atoms with Crippen LogP contribution < -0.4 is 9.73 Å². The number of halogens is 3. The fourth-order valence-electron chi connectivity index (χ4n) is 4.16. The number of sulfonamides is 1. The van der Waals surface area contributed by atoms with Crippen molar-refractivity contribution < 1.29 is 26.3 Å². The summed E-state index contributed by atoms with van der Waals surface area (Å²) >= 11 is 0. The molecule has 1 aliphatic heterocycles. The molecule has 4 aromatic carbocycles. The Morgan fingerprint density at radius 2 is 1.39 bits per heavy atom. The average Bonchev–Trinajstić information content (AvgIpc) is 3.32. The highest BCUT2D eigenvalue weighted by molar-refractivity contribution is 7.92. The molecule has 4 aromatic rings. The van der Waals surface area contributed by atoms with Crippen molar-refractivity contribution in [1.82, 2.24) is 0 Å². The van der Waals surface area contributed by atoms with Crippen LogP contribution in [0.25, 0.3) is 0 Å². The van der Waals surface area contributed by atoms with E-state index in [0.717, 1.165) is 10.6 Å². The molecule has 5 rings (SSSR count). The normalized spacial score (nSPS) is 17.6. The Hall–Kier alpha value is -4.31. The van der Waals surface area contributed by atoms with Crippen molar-refractivity contribution in [3.05, 3.63) is 126 Å². The van der Waals surface area contributed by atoms with Gasteiger partial charge < -0.3 is 4.74 Å². The van der Waals surface area contributed by atoms with Gasteiger partial charge in [-0.2, -0.15) is 13.2 Å². The SMILES string of the molecule is Cc1ccc(S(=O)(=O)Nc2ccccc2C2(C(F)(F)F)OC(c3ccccc3)=NN2c2ccccc2)cc1. The number of nitrogens with one attached hydrogen (secondary N) is 1. The second kappa shape index (κ2) is 9.53. The molecule has 1 atom stereocenters. The molecule has 38 heavy (non-hydrogen) atoms. The molecule has 10 heteroatoms. The standard InChI is InChI=1S/C28H22F3N3O3S/c1-20-16-18-23(19-17-20)38(35,36)33-25-15-9-8-14-24(25)27(28(29,30)31)34(22-12-6-3-7-13-22)32-26(37-27)21-10-4-2-5-11-21/h2-19,33H,1H3. The quantitative estimate of drug-likeness (QED) is 0.309. The van der Waals surface area contributed by atoms with E-state index in [1.165, 1.54) is 48.5 Å². The largest absolute Gasteiger partial charge is 0.455 e. The first-order valence-electron chi connectivity index (χ1n) is 11.6. The van der Waals surface area contributed by atoms with Crippen LogP contribution in [-0.4, -0.2) is 20.5 Å². The molecule has 1 aliphatic rings. The van der Waals surface area contributed by atoms with Gasteiger partial charge in [0, 0.05) is 5.56 Å². The van der Waals surface area contributed by atoms with E-state index in [0.29, 0.717) is 5.56 Å². The van der Waals surface area contributed by atoms with E-state index < -0.39 is 27.5 Å². The number of hydrogen-bond acceptors (Lipinski definition) is 5. The highest BCUT2D eigenvalue weighted by atomic mass is 32.2. The van der Waals surface area contributed by atoms with E-state index in [9.17, 15) is 8.42 Å². The Morgan fingerprint density at radius 3 is 2.03 bits per heavy atom. The molecule has 0 bridgehead atoms. The smallest absolute Gasteiger partial charge is 0.433 e. The number of para-hydroxylation sites is 2. The van der Waals surface area contributed by atoms with Crippen molar-refractivity contribution in [2.45, 2.75) is 23.7 Å². The molecule has 1 heterocycles. The molecule has 0 saturated carbocycles. The first-order chi connectivity index (χ1) is 18.1. The molecular formula is C28H22F3N3O3S. The van der Waals surface area contributed by atoms with Crippen LogP contribution in [0.2, 0.25) is 0 Å². The maximum Gasteiger partial charge on any atom is 0.455 e. The third-order valence-electron chi connectivity index (χ3n) is 6.01. The van der Waals surface area contributed by atoms with E-state index in [2.05, 4.69) is 9.82 Å². The third-order valence-corrected chi connectivity index (χ3v) is 7.39. The predicted octanol–water partition coefficient (Wildman–Crippen LogP) is 6.41. The number of anilines is 2. The van der Waals surface area contributed by atoms with Crippen LogP contribution in [0.1, 0.15) is 16.7 Å². The Bertz CT molecular complexity index is 1580. The van der Waals surface area contributed by atoms with Crippen LogP contribution >= 0.6 is 0 Å². The van der Waals surface area contributed by atoms with Crippen LogP contribution in [0, 0.1) is 6.92 Å². The van der Waals surface area contributed by atoms with Gasteiger partial charge in [-0.25, -0.2) is 13.4 Å². The van der Waals surface area contributed by atoms with E-state index in [1.807, 2.05) is 0 Å². The third kappa shape index (κ3) is 4.47. The maximum absolute atomic E-state index is 15.3. The Morgan fingerprint density at radius 1 is 0.816 bits per heavy atom. The molecule has 0 saturated heterocycles. The molecule has 6 nitrogen and oxygen atoms in total. The minimum Gasteiger partial charge on any atom is -0.433 e. The maximum atomic E-state index is 15.3. The van der Waals surface area contributed by atoms with Gasteiger partial charge in [0.1, 0.15) is 0 Å². The van der Waals surface area contributed by atoms with Gasteiger partial charge in [-0.3, -0.25) is 4.72 Å². The number of hydrazone groups is 1. The van der Waals surface area contributed by atoms with E-state index in [1.54, 1.807) is 67.6 Å². The lowest BCUT2D eigenvalue weighted by Crippen LogP contribution is -2.54. The first-order valence-corrected chi connectivity index (χ1v) is 13.0. The minimum absolute atomic E-state index is 0.0903. The summed E-state index contributed by atoms with van der Waals surface area (Å²) in [5.74, 6) is -0.261. The molecule has 0 radical (unpaired) electrons. The fraction of sp³-hybridized carbons (Fsp3) is 0.107. The number of nitrogens with zero attached hydrogens (tertiary/aromatic N) is 2. The number of hydrogen-bond donors (Lipinski definition) is 1. The zero-order valence-corrected chi connectivity index (χ0v) is 20.9. The van der Waals surface area contributed by atoms with Gasteiger partial charge >= 0.3 is 11.9 Å². The summed E-state index contributed by atoms with van der Waals surface area (Å²) in [7, 11) is -4.23. The summed E-state index contributed by atoms with van der Waals surface area (Å²) in [6, 6.07) is 27.3. The second-order valence-electron chi connectivity index (χ2n) is 8.63. The molecule has 0 spiro atoms. The molecule has 1 N–H and O–H groups in total. The fourth-order valence-corrected chi connectivity index (χ4v) is 5.24. The van der Waals surface area contributed by atoms with E-state index >= 15 is 13.2 Å². The van der Waals surface area contributed by atoms with E-state index in [-0.39, 0.29) is 22.2 Å². The van der Waals surface area contributed by atoms with Crippen molar-refractivity contribution >= 4 is 27.3 Å². The Labute approximate surface area is 218 Å². The highest BCUT2D eigenvalue weighted by Gasteiger charge is 2.67. The number of benzene rings is 4. The van der Waals surface area contributed by atoms with Gasteiger partial charge in [-0.15, -0.1) is 5.10 Å². The topological polar surface area (TPSA) is 71.0 Å². The van der Waals surface area contributed by atoms with Crippen LogP contribution in [-0.2, 0) is 20.5 Å². The Balaban J connectivity index is 1.69. The minimum atomic E-state index is -5.06. The van der Waals surface area contributed by atoms with Gasteiger partial charge in [-0.1, -0.05) is 72.3 Å². The average molecular weight is 538 g/mol. The van der Waals surface area contributed by atoms with Crippen LogP contribution in [0.3, 0.4) is 0 Å². The predicted molar refractivity (Wildman–Crippen MR) is 139 cm³/mol. The van der Waals surface area contributed by atoms with Crippen LogP contribution in [0.15, 0.2) is 119 Å². The highest BCUT2D eigenvalue weighted by Crippen LogP contribution is 2.52. The van der Waals surface area contributed by atoms with Crippen LogP contribution in [0.5, 0.6) is 0 Å². The zero-order valence-electron chi connectivity index (χ0n) is 20.1. The molecule has 1 unspecified atom stereocenters. The summed E-state index contributed by atoms with van der Waals surface area (Å²) in [5, 5.41) is 5.01. The number of rotatable bonds is 6. The van der Waals surface area contributed by atoms with Gasteiger partial charge in [0.2, 0.25) is 5.90 Å². The zero-order chi connectivity index (χ0) is 27.0. The molecule has 0 aliphatic carbocycles. The van der Waals surface area contributed by atoms with Crippen LogP contribution in [0.4, 0.5) is 24.5 Å². The number of alkyl halides is 3. The molecular weight excluding hydrogens is 515 g/mol. The second-order valence-corrected chi connectivity index (χ2v) is 10.3. The number of aryl methyl sites for hydroxylation is 1. The summed E-state index contributed by atoms with van der Waals surface area (Å²) in [6.07, 6.45) is -5.06. The Kier molecular flexibility index (Phi) is 6.36. The lowest BCUT2D eigenvalue weighted by molar-refractivity contribution is -0.253. The first kappa shape index (κ1) is 25.3. The van der Waals surface area contributed by atoms with Crippen molar-refractivity contribution in [3.63, 3.8) is 0 Å². The molecule has 194 valence electrons. The lowest BCUT2D eigenvalue weighted by Gasteiger charge is -2.38. The van der Waals surface area contributed by atoms with Gasteiger partial charge in [0.05, 0.1) is 21.8 Å². The summed E-state index contributed by atoms with van der Waals surface area (Å²) in [4.78, 5) is -0.0903. The number of ether oxygens (including phenoxy) is 1. The summed E-state index contributed by atoms with van der Waals surface area (Å²) in [5.41, 5.74) is -2.67. The molecule has 0 fully saturated rings. The van der Waals surface area contributed by atoms with Crippen molar-refractivity contribution in [2.75, 3.05) is 9.73 Å². The van der Waals surface area contributed by atoms with Crippen molar-refractivity contribution in [2.24, 2.45) is 5.10 Å². The van der Waals surface area contributed by atoms with Gasteiger partial charge in [0.25, 0.3) is 10.0 Å². The summed E-state index contributed by atoms with van der Waals surface area (Å²) < 4.78 is 80.3. The summed E-state index contributed by atoms with van der Waals surface area (Å²) in [6.45, 7) is 1.80. The van der Waals surface area contributed by atoms with Crippen molar-refractivity contribution in [3.8, 4) is 0 Å². The van der Waals surface area contributed by atoms with E-state index in [4.69, 9.17) is 4.74 Å². The lowest BCUT2D eigenvalue weighted by atomic mass is 9.98. The van der Waals surface area contributed by atoms with Gasteiger partial charge in [-0.05, 0) is 49.4 Å². The van der Waals surface area contributed by atoms with Gasteiger partial charge in [0.15, 0.2) is 0 Å². The molecule has 0 amide bonds. The molecule has 0 aromatic heterocycles.